The average molecular weight is 895 g/mol. The Bertz CT molecular complexity index is 3290. The van der Waals surface area contributed by atoms with Crippen molar-refractivity contribution in [3.63, 3.8) is 0 Å². The molecule has 8 aromatic carbocycles. The van der Waals surface area contributed by atoms with Crippen molar-refractivity contribution in [3.8, 4) is 39.1 Å². The Kier molecular flexibility index (Phi) is 9.40. The molecule has 6 saturated carbocycles. The van der Waals surface area contributed by atoms with E-state index >= 15 is 0 Å². The lowest BCUT2D eigenvalue weighted by molar-refractivity contribution is 0.136. The molecule has 0 unspecified atom stereocenters. The number of fused-ring (bicyclic) bond motifs is 12. The van der Waals surface area contributed by atoms with Crippen LogP contribution in [-0.4, -0.2) is 4.57 Å². The van der Waals surface area contributed by atoms with Gasteiger partial charge in [0.1, 0.15) is 0 Å². The van der Waals surface area contributed by atoms with Crippen molar-refractivity contribution < 1.29 is 0 Å². The van der Waals surface area contributed by atoms with Crippen LogP contribution in [-0.2, 0) is 16.2 Å². The second kappa shape index (κ2) is 15.7. The fourth-order valence-electron chi connectivity index (χ4n) is 14.6. The number of hydrogen-bond acceptors (Lipinski definition) is 1. The van der Waals surface area contributed by atoms with Gasteiger partial charge >= 0.3 is 0 Å². The summed E-state index contributed by atoms with van der Waals surface area (Å²) >= 11 is 0. The fourth-order valence-corrected chi connectivity index (χ4v) is 14.6. The maximum absolute atomic E-state index is 2.67. The zero-order chi connectivity index (χ0) is 45.9. The molecule has 7 aliphatic rings. The Hall–Kier alpha value is -6.64. The summed E-state index contributed by atoms with van der Waals surface area (Å²) in [6.07, 6.45) is 16.6. The highest BCUT2D eigenvalue weighted by Crippen LogP contribution is 2.56. The Balaban J connectivity index is 0.837. The molecule has 1 aromatic heterocycles. The third kappa shape index (κ3) is 6.57. The van der Waals surface area contributed by atoms with Crippen molar-refractivity contribution in [2.45, 2.75) is 107 Å². The maximum Gasteiger partial charge on any atom is 0.0541 e. The molecule has 0 amide bonds. The molecule has 0 saturated heterocycles. The Labute approximate surface area is 408 Å². The van der Waals surface area contributed by atoms with E-state index in [4.69, 9.17) is 0 Å². The van der Waals surface area contributed by atoms with E-state index in [2.05, 4.69) is 205 Å². The van der Waals surface area contributed by atoms with Crippen molar-refractivity contribution in [2.24, 2.45) is 11.8 Å². The number of nitrogens with zero attached hydrogens (tertiary/aromatic N) is 2. The topological polar surface area (TPSA) is 8.17 Å². The highest BCUT2D eigenvalue weighted by atomic mass is 15.1. The molecule has 69 heavy (non-hydrogen) atoms. The fraction of sp³-hybridized carbons (Fsp3) is 0.284. The first kappa shape index (κ1) is 41.3. The van der Waals surface area contributed by atoms with Crippen LogP contribution in [0.1, 0.15) is 113 Å². The Morgan fingerprint density at radius 1 is 0.391 bits per heavy atom. The summed E-state index contributed by atoms with van der Waals surface area (Å²) in [4.78, 5) is 2.42. The van der Waals surface area contributed by atoms with Crippen LogP contribution in [0.5, 0.6) is 0 Å². The quantitative estimate of drug-likeness (QED) is 0.148. The molecule has 9 aromatic rings. The molecule has 0 atom stereocenters. The molecule has 0 spiro atoms. The van der Waals surface area contributed by atoms with Crippen LogP contribution < -0.4 is 4.90 Å². The van der Waals surface area contributed by atoms with E-state index < -0.39 is 0 Å². The predicted octanol–water partition coefficient (Wildman–Crippen LogP) is 18.3. The van der Waals surface area contributed by atoms with Gasteiger partial charge in [0.05, 0.1) is 11.0 Å². The van der Waals surface area contributed by atoms with Crippen molar-refractivity contribution in [1.82, 2.24) is 4.57 Å². The average Bonchev–Trinajstić information content (AvgIpc) is 3.87. The maximum atomic E-state index is 2.67. The van der Waals surface area contributed by atoms with Gasteiger partial charge in [-0.1, -0.05) is 123 Å². The van der Waals surface area contributed by atoms with E-state index in [1.165, 1.54) is 155 Å². The zero-order valence-corrected chi connectivity index (χ0v) is 40.4. The standard InChI is InChI=1S/C67H62N2/c1-65(2)61-43-55(68(53-11-7-4-8-12-53)54-21-17-50(18-22-54)49-15-13-48(14-16-49)47-9-5-3-6-10-47)23-25-57(61)58-26-24-56(44-62(58)65)69-63-27-19-51(66-35-29-45(30-36-66)31-37-66)41-59(63)60-42-52(20-28-64(60)69)67-38-32-46(33-39-67)34-40-67/h3-28,41-46H,29-40H2,1-2H3. The molecule has 0 aliphatic heterocycles. The summed E-state index contributed by atoms with van der Waals surface area (Å²) in [5.41, 5.74) is 21.5. The second-order valence-corrected chi connectivity index (χ2v) is 22.6. The summed E-state index contributed by atoms with van der Waals surface area (Å²) in [5, 5.41) is 2.91. The summed E-state index contributed by atoms with van der Waals surface area (Å²) < 4.78 is 2.62. The van der Waals surface area contributed by atoms with Gasteiger partial charge < -0.3 is 9.47 Å². The number of para-hydroxylation sites is 1. The Morgan fingerprint density at radius 3 is 1.33 bits per heavy atom. The van der Waals surface area contributed by atoms with Crippen molar-refractivity contribution in [1.29, 1.82) is 0 Å². The van der Waals surface area contributed by atoms with Crippen LogP contribution in [0.4, 0.5) is 17.1 Å². The van der Waals surface area contributed by atoms with Gasteiger partial charge in [0.2, 0.25) is 0 Å². The predicted molar refractivity (Wildman–Crippen MR) is 290 cm³/mol. The van der Waals surface area contributed by atoms with Crippen LogP contribution in [0.15, 0.2) is 182 Å². The molecule has 0 N–H and O–H groups in total. The minimum atomic E-state index is -0.202. The van der Waals surface area contributed by atoms with Gasteiger partial charge in [-0.3, -0.25) is 0 Å². The van der Waals surface area contributed by atoms with Crippen molar-refractivity contribution in [3.05, 3.63) is 204 Å². The zero-order valence-electron chi connectivity index (χ0n) is 40.4. The van der Waals surface area contributed by atoms with Crippen LogP contribution in [0.3, 0.4) is 0 Å². The van der Waals surface area contributed by atoms with Crippen LogP contribution in [0.2, 0.25) is 0 Å². The van der Waals surface area contributed by atoms with E-state index in [-0.39, 0.29) is 5.41 Å². The molecule has 16 rings (SSSR count). The highest BCUT2D eigenvalue weighted by molar-refractivity contribution is 6.10. The Morgan fingerprint density at radius 2 is 0.812 bits per heavy atom. The van der Waals surface area contributed by atoms with Crippen LogP contribution in [0.25, 0.3) is 60.9 Å². The number of aromatic nitrogens is 1. The van der Waals surface area contributed by atoms with Crippen molar-refractivity contribution in [2.75, 3.05) is 4.90 Å². The van der Waals surface area contributed by atoms with Crippen molar-refractivity contribution >= 4 is 38.9 Å². The monoisotopic (exact) mass is 894 g/mol. The molecule has 0 radical (unpaired) electrons. The summed E-state index contributed by atoms with van der Waals surface area (Å²) in [6.45, 7) is 4.88. The van der Waals surface area contributed by atoms with Gasteiger partial charge in [-0.25, -0.2) is 0 Å². The van der Waals surface area contributed by atoms with Gasteiger partial charge in [0, 0.05) is 38.9 Å². The van der Waals surface area contributed by atoms with E-state index in [0.29, 0.717) is 10.8 Å². The third-order valence-corrected chi connectivity index (χ3v) is 18.8. The lowest BCUT2D eigenvalue weighted by Gasteiger charge is -2.47. The minimum absolute atomic E-state index is 0.202. The highest BCUT2D eigenvalue weighted by Gasteiger charge is 2.43. The number of rotatable bonds is 8. The van der Waals surface area contributed by atoms with Crippen LogP contribution >= 0.6 is 0 Å². The first-order valence-corrected chi connectivity index (χ1v) is 26.3. The van der Waals surface area contributed by atoms with Gasteiger partial charge in [-0.15, -0.1) is 0 Å². The van der Waals surface area contributed by atoms with Gasteiger partial charge in [-0.2, -0.15) is 0 Å². The first-order chi connectivity index (χ1) is 33.8. The smallest absolute Gasteiger partial charge is 0.0541 e. The lowest BCUT2D eigenvalue weighted by Crippen LogP contribution is -2.37. The second-order valence-electron chi connectivity index (χ2n) is 22.6. The van der Waals surface area contributed by atoms with E-state index in [1.54, 1.807) is 11.1 Å². The summed E-state index contributed by atoms with van der Waals surface area (Å²) in [5.74, 6) is 1.92. The molecule has 6 fully saturated rings. The van der Waals surface area contributed by atoms with E-state index in [9.17, 15) is 0 Å². The van der Waals surface area contributed by atoms with Crippen LogP contribution in [0, 0.1) is 11.8 Å². The molecule has 340 valence electrons. The summed E-state index contributed by atoms with van der Waals surface area (Å²) in [6, 6.07) is 69.5. The number of hydrogen-bond donors (Lipinski definition) is 0. The largest absolute Gasteiger partial charge is 0.310 e. The normalized spacial score (nSPS) is 23.0. The molecular weight excluding hydrogens is 833 g/mol. The molecule has 7 aliphatic carbocycles. The lowest BCUT2D eigenvalue weighted by atomic mass is 9.58. The molecule has 2 nitrogen and oxygen atoms in total. The minimum Gasteiger partial charge on any atom is -0.310 e. The number of anilines is 3. The molecule has 1 heterocycles. The van der Waals surface area contributed by atoms with E-state index in [0.717, 1.165) is 23.2 Å². The molecular formula is C67H62N2. The third-order valence-electron chi connectivity index (χ3n) is 18.8. The SMILES string of the molecule is CC1(C)c2cc(N(c3ccccc3)c3ccc(-c4ccc(-c5ccccc5)cc4)cc3)ccc2-c2ccc(-n3c4ccc(C56CCC(CC5)CC6)cc4c4cc(C56CCC(CC5)CC6)ccc43)cc21. The molecule has 4 bridgehead atoms. The van der Waals surface area contributed by atoms with Gasteiger partial charge in [-0.05, 0) is 228 Å². The van der Waals surface area contributed by atoms with Gasteiger partial charge in [0.15, 0.2) is 0 Å². The summed E-state index contributed by atoms with van der Waals surface area (Å²) in [7, 11) is 0. The van der Waals surface area contributed by atoms with Gasteiger partial charge in [0.25, 0.3) is 0 Å². The number of benzene rings is 8. The van der Waals surface area contributed by atoms with E-state index in [1.807, 2.05) is 0 Å². The molecule has 2 heteroatoms. The first-order valence-electron chi connectivity index (χ1n) is 26.3.